The maximum Gasteiger partial charge on any atom is 0.304 e. The Kier molecular flexibility index (Phi) is 13.3. The minimum atomic E-state index is -1.26. The molecule has 2 saturated heterocycles. The molecule has 2 unspecified atom stereocenters. The number of ether oxygens (including phenoxy) is 6. The quantitative estimate of drug-likeness (QED) is 0.0858. The Labute approximate surface area is 316 Å². The maximum absolute atomic E-state index is 13.9. The number of nitrogens with zero attached hydrogens (tertiary/aromatic N) is 1. The maximum atomic E-state index is 13.9. The number of benzene rings is 3. The molecule has 3 aromatic rings. The van der Waals surface area contributed by atoms with Crippen LogP contribution in [0, 0.1) is 35.4 Å². The average molecular weight is 740 g/mol. The number of carbonyl (C=O) groups is 3. The van der Waals surface area contributed by atoms with Crippen LogP contribution in [0.2, 0.25) is 0 Å². The third kappa shape index (κ3) is 10.3. The molecule has 0 N–H and O–H groups in total. The lowest BCUT2D eigenvalue weighted by Crippen LogP contribution is -2.55. The first-order valence-electron chi connectivity index (χ1n) is 18.0. The summed E-state index contributed by atoms with van der Waals surface area (Å²) >= 11 is 0. The van der Waals surface area contributed by atoms with Gasteiger partial charge >= 0.3 is 11.9 Å². The number of amides is 1. The average Bonchev–Trinajstić information content (AvgIpc) is 3.14. The Morgan fingerprint density at radius 1 is 0.870 bits per heavy atom. The number of hydrogen-bond acceptors (Lipinski definition) is 9. The van der Waals surface area contributed by atoms with E-state index in [4.69, 9.17) is 28.4 Å². The zero-order valence-corrected chi connectivity index (χ0v) is 31.5. The van der Waals surface area contributed by atoms with Crippen molar-refractivity contribution >= 4 is 23.5 Å². The highest BCUT2D eigenvalue weighted by Crippen LogP contribution is 2.46. The van der Waals surface area contributed by atoms with Crippen LogP contribution in [-0.2, 0) is 42.8 Å². The van der Waals surface area contributed by atoms with Crippen molar-refractivity contribution in [2.45, 2.75) is 84.2 Å². The first-order chi connectivity index (χ1) is 25.8. The molecule has 2 heterocycles. The second-order valence-corrected chi connectivity index (χ2v) is 13.5. The van der Waals surface area contributed by atoms with Crippen LogP contribution in [-0.4, -0.2) is 62.0 Å². The van der Waals surface area contributed by atoms with Gasteiger partial charge in [-0.15, -0.1) is 0 Å². The van der Waals surface area contributed by atoms with Crippen molar-refractivity contribution in [1.82, 2.24) is 0 Å². The Morgan fingerprint density at radius 2 is 1.46 bits per heavy atom. The van der Waals surface area contributed by atoms with Gasteiger partial charge in [-0.05, 0) is 112 Å². The molecule has 0 spiro atoms. The highest BCUT2D eigenvalue weighted by atomic mass is 19.1. The van der Waals surface area contributed by atoms with Crippen molar-refractivity contribution in [3.05, 3.63) is 101 Å². The zero-order valence-electron chi connectivity index (χ0n) is 31.5. The summed E-state index contributed by atoms with van der Waals surface area (Å²) in [5.74, 6) is 9.52. The summed E-state index contributed by atoms with van der Waals surface area (Å²) in [7, 11) is 0. The largest absolute Gasteiger partial charge is 0.458 e. The van der Waals surface area contributed by atoms with E-state index in [-0.39, 0.29) is 25.2 Å². The SMILES string of the molecule is CCOC(C#Cc1ccc(N2C(=O)C(CC[C@H](OC(C)=O)c3ccc(F)cc3)C2c2ccc(C#CC3(OC(C)=O)COC(C)(C)OC3)cc2)cc1)OCC. The van der Waals surface area contributed by atoms with Crippen molar-refractivity contribution in [2.75, 3.05) is 31.3 Å². The number of β-lactam (4-membered cyclic amide) rings is 1. The highest BCUT2D eigenvalue weighted by Gasteiger charge is 2.48. The van der Waals surface area contributed by atoms with Crippen molar-refractivity contribution in [3.8, 4) is 23.7 Å². The fourth-order valence-electron chi connectivity index (χ4n) is 6.33. The lowest BCUT2D eigenvalue weighted by Gasteiger charge is -2.48. The van der Waals surface area contributed by atoms with Crippen LogP contribution in [0.25, 0.3) is 0 Å². The molecule has 11 heteroatoms. The van der Waals surface area contributed by atoms with Gasteiger partial charge in [0, 0.05) is 43.9 Å². The van der Waals surface area contributed by atoms with E-state index in [0.29, 0.717) is 42.9 Å². The molecular weight excluding hydrogens is 693 g/mol. The Morgan fingerprint density at radius 3 is 2.04 bits per heavy atom. The molecule has 5 rings (SSSR count). The molecule has 0 bridgehead atoms. The van der Waals surface area contributed by atoms with E-state index in [0.717, 1.165) is 11.1 Å². The first-order valence-corrected chi connectivity index (χ1v) is 18.0. The van der Waals surface area contributed by atoms with E-state index in [2.05, 4.69) is 23.7 Å². The Hall–Kier alpha value is -5.04. The fraction of sp³-hybridized carbons (Fsp3) is 0.419. The molecular formula is C43H46FNO9. The third-order valence-electron chi connectivity index (χ3n) is 8.95. The molecule has 2 fully saturated rings. The van der Waals surface area contributed by atoms with E-state index < -0.39 is 47.5 Å². The van der Waals surface area contributed by atoms with Crippen LogP contribution in [0.4, 0.5) is 10.1 Å². The summed E-state index contributed by atoms with van der Waals surface area (Å²) in [5.41, 5.74) is 2.35. The summed E-state index contributed by atoms with van der Waals surface area (Å²) in [6, 6.07) is 20.4. The summed E-state index contributed by atoms with van der Waals surface area (Å²) < 4.78 is 47.5. The topological polar surface area (TPSA) is 110 Å². The minimum Gasteiger partial charge on any atom is -0.458 e. The molecule has 0 radical (unpaired) electrons. The van der Waals surface area contributed by atoms with Crippen LogP contribution in [0.15, 0.2) is 72.8 Å². The van der Waals surface area contributed by atoms with Gasteiger partial charge in [-0.3, -0.25) is 14.4 Å². The van der Waals surface area contributed by atoms with Crippen molar-refractivity contribution in [3.63, 3.8) is 0 Å². The number of halogens is 1. The standard InChI is InChI=1S/C43H46FNO9/c1-7-49-39(50-8-2)24-13-31-11-20-36(21-12-31)45-40(37(41(45)48)22-23-38(53-29(3)46)33-16-18-35(44)19-17-33)34-14-9-32(10-15-34)25-26-43(54-30(4)47)27-51-42(5,6)52-28-43/h9-12,14-21,37-40H,7-8,22-23,27-28H2,1-6H3/t37?,38-,40?/m0/s1. The van der Waals surface area contributed by atoms with Gasteiger partial charge in [0.05, 0.1) is 12.0 Å². The van der Waals surface area contributed by atoms with E-state index in [9.17, 15) is 18.8 Å². The molecule has 2 aliphatic heterocycles. The predicted molar refractivity (Wildman–Crippen MR) is 198 cm³/mol. The van der Waals surface area contributed by atoms with Crippen LogP contribution in [0.5, 0.6) is 0 Å². The van der Waals surface area contributed by atoms with Gasteiger partial charge < -0.3 is 33.3 Å². The molecule has 0 aliphatic carbocycles. The van der Waals surface area contributed by atoms with E-state index in [1.165, 1.54) is 26.0 Å². The van der Waals surface area contributed by atoms with Crippen LogP contribution in [0.3, 0.4) is 0 Å². The van der Waals surface area contributed by atoms with Gasteiger partial charge in [0.25, 0.3) is 0 Å². The summed E-state index contributed by atoms with van der Waals surface area (Å²) in [6.07, 6.45) is -0.535. The second-order valence-electron chi connectivity index (χ2n) is 13.5. The van der Waals surface area contributed by atoms with Crippen molar-refractivity contribution < 1.29 is 47.2 Å². The number of hydrogen-bond donors (Lipinski definition) is 0. The monoisotopic (exact) mass is 739 g/mol. The van der Waals surface area contributed by atoms with Gasteiger partial charge in [-0.25, -0.2) is 4.39 Å². The van der Waals surface area contributed by atoms with Crippen LogP contribution >= 0.6 is 0 Å². The molecule has 284 valence electrons. The molecule has 2 aliphatic rings. The normalized spacial score (nSPS) is 19.0. The molecule has 54 heavy (non-hydrogen) atoms. The number of rotatable bonds is 12. The minimum absolute atomic E-state index is 0.0573. The first kappa shape index (κ1) is 40.2. The van der Waals surface area contributed by atoms with Crippen molar-refractivity contribution in [2.24, 2.45) is 5.92 Å². The number of esters is 2. The smallest absolute Gasteiger partial charge is 0.304 e. The summed E-state index contributed by atoms with van der Waals surface area (Å²) in [6.45, 7) is 11.0. The molecule has 10 nitrogen and oxygen atoms in total. The van der Waals surface area contributed by atoms with Gasteiger partial charge in [-0.1, -0.05) is 36.1 Å². The molecule has 3 atom stereocenters. The lowest BCUT2D eigenvalue weighted by molar-refractivity contribution is -0.291. The van der Waals surface area contributed by atoms with Crippen LogP contribution in [0.1, 0.15) is 88.8 Å². The summed E-state index contributed by atoms with van der Waals surface area (Å²) in [4.78, 5) is 39.6. The van der Waals surface area contributed by atoms with Crippen molar-refractivity contribution in [1.29, 1.82) is 0 Å². The van der Waals surface area contributed by atoms with Gasteiger partial charge in [0.1, 0.15) is 25.1 Å². The predicted octanol–water partition coefficient (Wildman–Crippen LogP) is 6.80. The zero-order chi connectivity index (χ0) is 38.9. The molecule has 0 aromatic heterocycles. The van der Waals surface area contributed by atoms with Gasteiger partial charge in [0.15, 0.2) is 5.79 Å². The highest BCUT2D eigenvalue weighted by molar-refractivity contribution is 6.03. The fourth-order valence-corrected chi connectivity index (χ4v) is 6.33. The Bertz CT molecular complexity index is 1890. The van der Waals surface area contributed by atoms with E-state index in [1.807, 2.05) is 62.4 Å². The van der Waals surface area contributed by atoms with E-state index in [1.54, 1.807) is 30.9 Å². The van der Waals surface area contributed by atoms with E-state index >= 15 is 0 Å². The Balaban J connectivity index is 1.41. The number of carbonyl (C=O) groups excluding carboxylic acids is 3. The third-order valence-corrected chi connectivity index (χ3v) is 8.95. The second kappa shape index (κ2) is 17.9. The lowest BCUT2D eigenvalue weighted by atomic mass is 9.78. The molecule has 0 saturated carbocycles. The molecule has 1 amide bonds. The van der Waals surface area contributed by atoms with Crippen LogP contribution < -0.4 is 4.90 Å². The number of anilines is 1. The van der Waals surface area contributed by atoms with Gasteiger partial charge in [0.2, 0.25) is 17.8 Å². The summed E-state index contributed by atoms with van der Waals surface area (Å²) in [5, 5.41) is 0. The molecule has 3 aromatic carbocycles. The van der Waals surface area contributed by atoms with Gasteiger partial charge in [-0.2, -0.15) is 0 Å².